The fourth-order valence-corrected chi connectivity index (χ4v) is 1.68. The van der Waals surface area contributed by atoms with Gasteiger partial charge in [-0.1, -0.05) is 0 Å². The van der Waals surface area contributed by atoms with Crippen LogP contribution in [0.5, 0.6) is 23.0 Å². The number of hydrogen-bond acceptors (Lipinski definition) is 6. The molecule has 0 unspecified atom stereocenters. The van der Waals surface area contributed by atoms with Crippen molar-refractivity contribution in [2.24, 2.45) is 5.10 Å². The fraction of sp³-hybridized carbons (Fsp3) is 0.0667. The van der Waals surface area contributed by atoms with Gasteiger partial charge in [-0.15, -0.1) is 0 Å². The summed E-state index contributed by atoms with van der Waals surface area (Å²) in [6, 6.07) is 8.36. The number of ether oxygens (including phenoxy) is 1. The molecular weight excluding hydrogens is 288 g/mol. The van der Waals surface area contributed by atoms with Crippen LogP contribution in [0.4, 0.5) is 0 Å². The number of nitrogens with zero attached hydrogens (tertiary/aromatic N) is 1. The van der Waals surface area contributed by atoms with Crippen LogP contribution < -0.4 is 10.2 Å². The Kier molecular flexibility index (Phi) is 4.47. The van der Waals surface area contributed by atoms with E-state index in [2.05, 4.69) is 10.5 Å². The minimum Gasteiger partial charge on any atom is -0.507 e. The van der Waals surface area contributed by atoms with E-state index in [0.29, 0.717) is 11.3 Å². The van der Waals surface area contributed by atoms with Crippen molar-refractivity contribution in [1.29, 1.82) is 0 Å². The van der Waals surface area contributed by atoms with Gasteiger partial charge in [-0.2, -0.15) is 5.10 Å². The van der Waals surface area contributed by atoms with E-state index in [0.717, 1.165) is 0 Å². The van der Waals surface area contributed by atoms with Gasteiger partial charge >= 0.3 is 0 Å². The summed E-state index contributed by atoms with van der Waals surface area (Å²) in [5, 5.41) is 31.9. The summed E-state index contributed by atoms with van der Waals surface area (Å²) in [7, 11) is 1.45. The average molecular weight is 302 g/mol. The number of phenolic OH excluding ortho intramolecular Hbond substituents is 3. The first-order chi connectivity index (χ1) is 10.5. The van der Waals surface area contributed by atoms with Gasteiger partial charge in [0.15, 0.2) is 11.5 Å². The lowest BCUT2D eigenvalue weighted by atomic mass is 10.2. The highest BCUT2D eigenvalue weighted by molar-refractivity contribution is 5.97. The standard InChI is InChI=1S/C15H14N2O5/c1-22-10-3-4-11(13(19)7-10)15(21)17-16-8-9-2-5-12(18)14(20)6-9/h2-8,18-20H,1H3,(H,17,21)/b16-8-. The second-order valence-corrected chi connectivity index (χ2v) is 4.33. The molecule has 0 aliphatic carbocycles. The highest BCUT2D eigenvalue weighted by atomic mass is 16.5. The van der Waals surface area contributed by atoms with Gasteiger partial charge < -0.3 is 20.1 Å². The predicted octanol–water partition coefficient (Wildman–Crippen LogP) is 1.58. The summed E-state index contributed by atoms with van der Waals surface area (Å²) in [4.78, 5) is 11.9. The highest BCUT2D eigenvalue weighted by Gasteiger charge is 2.11. The molecule has 0 aromatic heterocycles. The average Bonchev–Trinajstić information content (AvgIpc) is 2.50. The summed E-state index contributed by atoms with van der Waals surface area (Å²) in [6.45, 7) is 0. The molecule has 0 radical (unpaired) electrons. The van der Waals surface area contributed by atoms with E-state index in [1.165, 1.54) is 49.7 Å². The molecule has 0 aliphatic heterocycles. The van der Waals surface area contributed by atoms with Gasteiger partial charge in [0.25, 0.3) is 5.91 Å². The van der Waals surface area contributed by atoms with Crippen LogP contribution in [0.15, 0.2) is 41.5 Å². The quantitative estimate of drug-likeness (QED) is 0.389. The molecule has 0 bridgehead atoms. The Labute approximate surface area is 126 Å². The third kappa shape index (κ3) is 3.45. The molecule has 114 valence electrons. The number of carbonyl (C=O) groups excluding carboxylic acids is 1. The summed E-state index contributed by atoms with van der Waals surface area (Å²) in [5.41, 5.74) is 2.77. The van der Waals surface area contributed by atoms with Crippen molar-refractivity contribution >= 4 is 12.1 Å². The molecule has 7 nitrogen and oxygen atoms in total. The van der Waals surface area contributed by atoms with Crippen molar-refractivity contribution in [3.63, 3.8) is 0 Å². The summed E-state index contributed by atoms with van der Waals surface area (Å²) < 4.78 is 4.92. The lowest BCUT2D eigenvalue weighted by Gasteiger charge is -2.05. The maximum absolute atomic E-state index is 11.9. The minimum atomic E-state index is -0.598. The molecule has 4 N–H and O–H groups in total. The van der Waals surface area contributed by atoms with Crippen molar-refractivity contribution in [2.75, 3.05) is 7.11 Å². The first-order valence-electron chi connectivity index (χ1n) is 6.23. The Balaban J connectivity index is 2.06. The van der Waals surface area contributed by atoms with Crippen molar-refractivity contribution < 1.29 is 24.9 Å². The van der Waals surface area contributed by atoms with E-state index >= 15 is 0 Å². The number of benzene rings is 2. The van der Waals surface area contributed by atoms with Crippen LogP contribution in [-0.4, -0.2) is 34.6 Å². The largest absolute Gasteiger partial charge is 0.507 e. The van der Waals surface area contributed by atoms with E-state index in [9.17, 15) is 20.1 Å². The van der Waals surface area contributed by atoms with Crippen molar-refractivity contribution in [2.45, 2.75) is 0 Å². The molecule has 0 atom stereocenters. The minimum absolute atomic E-state index is 0.0477. The number of rotatable bonds is 4. The van der Waals surface area contributed by atoms with Gasteiger partial charge in [0, 0.05) is 6.07 Å². The molecule has 2 aromatic carbocycles. The number of carbonyl (C=O) groups is 1. The molecule has 0 fully saturated rings. The fourth-order valence-electron chi connectivity index (χ4n) is 1.68. The number of hydrazone groups is 1. The van der Waals surface area contributed by atoms with Crippen molar-refractivity contribution in [3.8, 4) is 23.0 Å². The Morgan fingerprint density at radius 2 is 1.86 bits per heavy atom. The number of nitrogens with one attached hydrogen (secondary N) is 1. The van der Waals surface area contributed by atoms with Crippen molar-refractivity contribution in [3.05, 3.63) is 47.5 Å². The monoisotopic (exact) mass is 302 g/mol. The van der Waals surface area contributed by atoms with Crippen LogP contribution in [0.3, 0.4) is 0 Å². The molecule has 0 heterocycles. The first kappa shape index (κ1) is 15.2. The summed E-state index contributed by atoms with van der Waals surface area (Å²) in [6.07, 6.45) is 1.29. The van der Waals surface area contributed by atoms with Crippen LogP contribution in [-0.2, 0) is 0 Å². The zero-order valence-corrected chi connectivity index (χ0v) is 11.6. The molecule has 1 amide bonds. The number of aromatic hydroxyl groups is 3. The zero-order valence-electron chi connectivity index (χ0n) is 11.6. The molecule has 0 saturated carbocycles. The molecule has 2 rings (SSSR count). The van der Waals surface area contributed by atoms with E-state index < -0.39 is 5.91 Å². The number of amides is 1. The van der Waals surface area contributed by atoms with Crippen LogP contribution >= 0.6 is 0 Å². The van der Waals surface area contributed by atoms with Gasteiger partial charge in [0.1, 0.15) is 11.5 Å². The molecule has 0 spiro atoms. The van der Waals surface area contributed by atoms with E-state index in [1.807, 2.05) is 0 Å². The third-order valence-corrected chi connectivity index (χ3v) is 2.83. The van der Waals surface area contributed by atoms with Crippen LogP contribution in [0.1, 0.15) is 15.9 Å². The Bertz CT molecular complexity index is 728. The third-order valence-electron chi connectivity index (χ3n) is 2.83. The van der Waals surface area contributed by atoms with Gasteiger partial charge in [-0.3, -0.25) is 4.79 Å². The smallest absolute Gasteiger partial charge is 0.275 e. The van der Waals surface area contributed by atoms with E-state index in [1.54, 1.807) is 0 Å². The van der Waals surface area contributed by atoms with E-state index in [-0.39, 0.29) is 22.8 Å². The Morgan fingerprint density at radius 3 is 2.50 bits per heavy atom. The predicted molar refractivity (Wildman–Crippen MR) is 79.5 cm³/mol. The Hall–Kier alpha value is -3.22. The van der Waals surface area contributed by atoms with E-state index in [4.69, 9.17) is 4.74 Å². The van der Waals surface area contributed by atoms with Gasteiger partial charge in [0.05, 0.1) is 18.9 Å². The van der Waals surface area contributed by atoms with Gasteiger partial charge in [0.2, 0.25) is 0 Å². The number of hydrogen-bond donors (Lipinski definition) is 4. The van der Waals surface area contributed by atoms with Crippen LogP contribution in [0.2, 0.25) is 0 Å². The lowest BCUT2D eigenvalue weighted by molar-refractivity contribution is 0.0952. The Morgan fingerprint density at radius 1 is 1.09 bits per heavy atom. The van der Waals surface area contributed by atoms with Gasteiger partial charge in [-0.25, -0.2) is 5.43 Å². The molecular formula is C15H14N2O5. The molecule has 2 aromatic rings. The first-order valence-corrected chi connectivity index (χ1v) is 6.23. The van der Waals surface area contributed by atoms with Crippen LogP contribution in [0, 0.1) is 0 Å². The molecule has 0 saturated heterocycles. The maximum atomic E-state index is 11.9. The van der Waals surface area contributed by atoms with Gasteiger partial charge in [-0.05, 0) is 35.9 Å². The second-order valence-electron chi connectivity index (χ2n) is 4.33. The number of methoxy groups -OCH3 is 1. The zero-order chi connectivity index (χ0) is 16.1. The highest BCUT2D eigenvalue weighted by Crippen LogP contribution is 2.24. The lowest BCUT2D eigenvalue weighted by Crippen LogP contribution is -2.17. The summed E-state index contributed by atoms with van der Waals surface area (Å²) >= 11 is 0. The van der Waals surface area contributed by atoms with Crippen LogP contribution in [0.25, 0.3) is 0 Å². The molecule has 22 heavy (non-hydrogen) atoms. The maximum Gasteiger partial charge on any atom is 0.275 e. The van der Waals surface area contributed by atoms with Crippen molar-refractivity contribution in [1.82, 2.24) is 5.43 Å². The second kappa shape index (κ2) is 6.49. The topological polar surface area (TPSA) is 111 Å². The SMILES string of the molecule is COc1ccc(C(=O)N/N=C\c2ccc(O)c(O)c2)c(O)c1. The molecule has 0 aliphatic rings. The number of phenols is 3. The summed E-state index contributed by atoms with van der Waals surface area (Å²) in [5.74, 6) is -0.932. The normalized spacial score (nSPS) is 10.6. The molecule has 7 heteroatoms.